The van der Waals surface area contributed by atoms with Crippen LogP contribution in [0.3, 0.4) is 0 Å². The summed E-state index contributed by atoms with van der Waals surface area (Å²) in [6.45, 7) is 6.51. The van der Waals surface area contributed by atoms with Gasteiger partial charge >= 0.3 is 0 Å². The zero-order valence-electron chi connectivity index (χ0n) is 11.9. The maximum absolute atomic E-state index is 4.15. The lowest BCUT2D eigenvalue weighted by Gasteiger charge is -2.22. The van der Waals surface area contributed by atoms with E-state index in [-0.39, 0.29) is 0 Å². The zero-order chi connectivity index (χ0) is 14.2. The molecule has 0 amide bonds. The maximum Gasteiger partial charge on any atom is 0.251 e. The van der Waals surface area contributed by atoms with E-state index in [1.54, 1.807) is 5.51 Å². The lowest BCUT2D eigenvalue weighted by molar-refractivity contribution is 0.732. The molecule has 0 spiro atoms. The van der Waals surface area contributed by atoms with Gasteiger partial charge in [-0.25, -0.2) is 0 Å². The normalized spacial score (nSPS) is 11.1. The van der Waals surface area contributed by atoms with Gasteiger partial charge in [-0.15, -0.1) is 20.4 Å². The number of hydrogen-bond donors (Lipinski definition) is 0. The number of aromatic nitrogens is 2. The minimum atomic E-state index is 0.576. The van der Waals surface area contributed by atoms with Crippen LogP contribution in [0.4, 0.5) is 16.5 Å². The van der Waals surface area contributed by atoms with Gasteiger partial charge in [0.1, 0.15) is 5.51 Å². The summed E-state index contributed by atoms with van der Waals surface area (Å²) in [6.07, 6.45) is 2.43. The maximum atomic E-state index is 4.15. The van der Waals surface area contributed by atoms with Crippen molar-refractivity contribution >= 4 is 27.8 Å². The molecular formula is C14H19N5S. The fraction of sp³-hybridized carbons (Fsp3) is 0.429. The number of anilines is 1. The van der Waals surface area contributed by atoms with E-state index in [9.17, 15) is 0 Å². The highest BCUT2D eigenvalue weighted by Gasteiger charge is 2.03. The first-order valence-corrected chi connectivity index (χ1v) is 7.74. The third kappa shape index (κ3) is 4.09. The Kier molecular flexibility index (Phi) is 5.61. The average Bonchev–Trinajstić information content (AvgIpc) is 3.00. The Morgan fingerprint density at radius 3 is 2.55 bits per heavy atom. The molecule has 6 heteroatoms. The van der Waals surface area contributed by atoms with Crippen LogP contribution in [0.15, 0.2) is 40.0 Å². The highest BCUT2D eigenvalue weighted by molar-refractivity contribution is 7.13. The Morgan fingerprint density at radius 2 is 1.95 bits per heavy atom. The van der Waals surface area contributed by atoms with Crippen LogP contribution in [0.25, 0.3) is 0 Å². The van der Waals surface area contributed by atoms with E-state index in [0.717, 1.165) is 18.8 Å². The Bertz CT molecular complexity index is 521. The second-order valence-corrected chi connectivity index (χ2v) is 5.18. The van der Waals surface area contributed by atoms with Gasteiger partial charge in [-0.05, 0) is 37.6 Å². The Balaban J connectivity index is 2.01. The van der Waals surface area contributed by atoms with Gasteiger partial charge in [0.2, 0.25) is 0 Å². The lowest BCUT2D eigenvalue weighted by atomic mass is 10.2. The minimum Gasteiger partial charge on any atom is -0.372 e. The summed E-state index contributed by atoms with van der Waals surface area (Å²) < 4.78 is 0. The van der Waals surface area contributed by atoms with E-state index < -0.39 is 0 Å². The molecular weight excluding hydrogens is 270 g/mol. The predicted molar refractivity (Wildman–Crippen MR) is 83.3 cm³/mol. The van der Waals surface area contributed by atoms with Gasteiger partial charge < -0.3 is 4.90 Å². The van der Waals surface area contributed by atoms with Crippen LogP contribution >= 0.6 is 11.3 Å². The van der Waals surface area contributed by atoms with Gasteiger partial charge in [0.25, 0.3) is 5.13 Å². The van der Waals surface area contributed by atoms with E-state index in [4.69, 9.17) is 0 Å². The molecule has 1 aromatic heterocycles. The molecule has 1 heterocycles. The quantitative estimate of drug-likeness (QED) is 0.701. The minimum absolute atomic E-state index is 0.576. The van der Waals surface area contributed by atoms with Gasteiger partial charge in [-0.3, -0.25) is 0 Å². The SMILES string of the molecule is CCCCN(CC)c1ccc(N=Nc2nncs2)cc1. The van der Waals surface area contributed by atoms with Gasteiger partial charge in [0, 0.05) is 18.8 Å². The molecule has 0 N–H and O–H groups in total. The monoisotopic (exact) mass is 289 g/mol. The van der Waals surface area contributed by atoms with Crippen molar-refractivity contribution in [3.63, 3.8) is 0 Å². The zero-order valence-corrected chi connectivity index (χ0v) is 12.7. The second kappa shape index (κ2) is 7.69. The van der Waals surface area contributed by atoms with Crippen LogP contribution in [0.2, 0.25) is 0 Å². The van der Waals surface area contributed by atoms with E-state index in [1.165, 1.54) is 29.9 Å². The Hall–Kier alpha value is -1.82. The molecule has 0 aliphatic carbocycles. The van der Waals surface area contributed by atoms with Crippen molar-refractivity contribution in [1.82, 2.24) is 10.2 Å². The van der Waals surface area contributed by atoms with Crippen molar-refractivity contribution in [2.45, 2.75) is 26.7 Å². The van der Waals surface area contributed by atoms with Gasteiger partial charge in [0.15, 0.2) is 0 Å². The van der Waals surface area contributed by atoms with Crippen LogP contribution < -0.4 is 4.90 Å². The summed E-state index contributed by atoms with van der Waals surface area (Å²) in [6, 6.07) is 8.14. The second-order valence-electron chi connectivity index (χ2n) is 4.37. The summed E-state index contributed by atoms with van der Waals surface area (Å²) in [7, 11) is 0. The predicted octanol–water partition coefficient (Wildman–Crippen LogP) is 4.58. The fourth-order valence-corrected chi connectivity index (χ4v) is 2.23. The number of azo groups is 1. The topological polar surface area (TPSA) is 53.7 Å². The summed E-state index contributed by atoms with van der Waals surface area (Å²) >= 11 is 1.37. The lowest BCUT2D eigenvalue weighted by Crippen LogP contribution is -2.23. The Labute approximate surface area is 123 Å². The third-order valence-electron chi connectivity index (χ3n) is 2.98. The van der Waals surface area contributed by atoms with Crippen molar-refractivity contribution in [1.29, 1.82) is 0 Å². The van der Waals surface area contributed by atoms with Crippen molar-refractivity contribution < 1.29 is 0 Å². The molecule has 0 unspecified atom stereocenters. The molecule has 0 atom stereocenters. The molecule has 0 radical (unpaired) electrons. The fourth-order valence-electron chi connectivity index (χ4n) is 1.86. The van der Waals surface area contributed by atoms with Crippen LogP contribution in [-0.4, -0.2) is 23.3 Å². The summed E-state index contributed by atoms with van der Waals surface area (Å²) in [5, 5.41) is 16.3. The van der Waals surface area contributed by atoms with E-state index in [0.29, 0.717) is 5.13 Å². The van der Waals surface area contributed by atoms with Gasteiger partial charge in [-0.1, -0.05) is 24.7 Å². The largest absolute Gasteiger partial charge is 0.372 e. The molecule has 0 saturated carbocycles. The number of unbranched alkanes of at least 4 members (excludes halogenated alkanes) is 1. The Morgan fingerprint density at radius 1 is 1.15 bits per heavy atom. The molecule has 1 aromatic carbocycles. The molecule has 0 aliphatic rings. The molecule has 5 nitrogen and oxygen atoms in total. The first-order chi connectivity index (χ1) is 9.83. The van der Waals surface area contributed by atoms with Gasteiger partial charge in [-0.2, -0.15) is 0 Å². The van der Waals surface area contributed by atoms with E-state index in [2.05, 4.69) is 51.3 Å². The number of hydrogen-bond acceptors (Lipinski definition) is 6. The number of nitrogens with zero attached hydrogens (tertiary/aromatic N) is 5. The van der Waals surface area contributed by atoms with Crippen LogP contribution in [-0.2, 0) is 0 Å². The molecule has 0 saturated heterocycles. The molecule has 2 aromatic rings. The average molecular weight is 289 g/mol. The molecule has 2 rings (SSSR count). The standard InChI is InChI=1S/C14H19N5S/c1-3-5-10-19(4-2)13-8-6-12(7-9-13)16-18-14-17-15-11-20-14/h6-9,11H,3-5,10H2,1-2H3. The smallest absolute Gasteiger partial charge is 0.251 e. The summed E-state index contributed by atoms with van der Waals surface area (Å²) in [4.78, 5) is 2.37. The molecule has 106 valence electrons. The highest BCUT2D eigenvalue weighted by atomic mass is 32.1. The van der Waals surface area contributed by atoms with Crippen molar-refractivity contribution in [3.05, 3.63) is 29.8 Å². The molecule has 0 aliphatic heterocycles. The summed E-state index contributed by atoms with van der Waals surface area (Å²) in [5.74, 6) is 0. The number of benzene rings is 1. The van der Waals surface area contributed by atoms with Crippen LogP contribution in [0.1, 0.15) is 26.7 Å². The van der Waals surface area contributed by atoms with E-state index in [1.807, 2.05) is 12.1 Å². The van der Waals surface area contributed by atoms with Crippen LogP contribution in [0.5, 0.6) is 0 Å². The molecule has 20 heavy (non-hydrogen) atoms. The van der Waals surface area contributed by atoms with Crippen molar-refractivity contribution in [2.24, 2.45) is 10.2 Å². The third-order valence-corrected chi connectivity index (χ3v) is 3.55. The summed E-state index contributed by atoms with van der Waals surface area (Å²) in [5.41, 5.74) is 3.70. The first kappa shape index (κ1) is 14.6. The van der Waals surface area contributed by atoms with Crippen LogP contribution in [0, 0.1) is 0 Å². The molecule has 0 fully saturated rings. The first-order valence-electron chi connectivity index (χ1n) is 6.86. The van der Waals surface area contributed by atoms with E-state index >= 15 is 0 Å². The van der Waals surface area contributed by atoms with Crippen molar-refractivity contribution in [3.8, 4) is 0 Å². The van der Waals surface area contributed by atoms with Gasteiger partial charge in [0.05, 0.1) is 5.69 Å². The number of rotatable bonds is 7. The van der Waals surface area contributed by atoms with Crippen molar-refractivity contribution in [2.75, 3.05) is 18.0 Å². The molecule has 0 bridgehead atoms. The highest BCUT2D eigenvalue weighted by Crippen LogP contribution is 2.22.